The predicted molar refractivity (Wildman–Crippen MR) is 109 cm³/mol. The fourth-order valence-corrected chi connectivity index (χ4v) is 5.25. The van der Waals surface area contributed by atoms with E-state index in [1.54, 1.807) is 12.1 Å². The summed E-state index contributed by atoms with van der Waals surface area (Å²) in [6.07, 6.45) is 3.53. The molecule has 1 aromatic carbocycles. The zero-order valence-corrected chi connectivity index (χ0v) is 17.7. The fraction of sp³-hybridized carbons (Fsp3) is 0.579. The molecule has 2 aliphatic heterocycles. The summed E-state index contributed by atoms with van der Waals surface area (Å²) in [7, 11) is -3.59. The van der Waals surface area contributed by atoms with Crippen LogP contribution in [0.25, 0.3) is 0 Å². The van der Waals surface area contributed by atoms with Gasteiger partial charge in [0.1, 0.15) is 0 Å². The van der Waals surface area contributed by atoms with Crippen molar-refractivity contribution in [2.24, 2.45) is 5.92 Å². The van der Waals surface area contributed by atoms with E-state index in [4.69, 9.17) is 0 Å². The summed E-state index contributed by atoms with van der Waals surface area (Å²) >= 11 is 0. The summed E-state index contributed by atoms with van der Waals surface area (Å²) in [6, 6.07) is 5.96. The number of Topliss-reactive ketones (excluding diaryl/α,β-unsaturated/α-hetero) is 1. The van der Waals surface area contributed by atoms with Crippen molar-refractivity contribution in [3.8, 4) is 0 Å². The van der Waals surface area contributed by atoms with E-state index in [-0.39, 0.29) is 41.0 Å². The second-order valence-corrected chi connectivity index (χ2v) is 9.28. The highest BCUT2D eigenvalue weighted by atomic mass is 35.5. The maximum atomic E-state index is 12.9. The number of ketones is 1. The summed E-state index contributed by atoms with van der Waals surface area (Å²) in [5.41, 5.74) is 0.494. The van der Waals surface area contributed by atoms with E-state index in [0.29, 0.717) is 25.2 Å². The Bertz CT molecular complexity index is 792. The number of carbonyl (C=O) groups excluding carboxylic acids is 2. The summed E-state index contributed by atoms with van der Waals surface area (Å²) < 4.78 is 27.3. The molecule has 2 unspecified atom stereocenters. The maximum Gasteiger partial charge on any atom is 0.243 e. The molecule has 9 heteroatoms. The lowest BCUT2D eigenvalue weighted by Crippen LogP contribution is -2.46. The molecule has 156 valence electrons. The maximum absolute atomic E-state index is 12.9. The third-order valence-corrected chi connectivity index (χ3v) is 7.20. The van der Waals surface area contributed by atoms with E-state index in [2.05, 4.69) is 10.6 Å². The summed E-state index contributed by atoms with van der Waals surface area (Å²) in [6.45, 7) is 3.69. The molecule has 2 N–H and O–H groups in total. The smallest absolute Gasteiger partial charge is 0.243 e. The van der Waals surface area contributed by atoms with E-state index >= 15 is 0 Å². The van der Waals surface area contributed by atoms with Gasteiger partial charge in [-0.1, -0.05) is 12.1 Å². The molecule has 0 aromatic heterocycles. The molecule has 7 nitrogen and oxygen atoms in total. The van der Waals surface area contributed by atoms with Crippen molar-refractivity contribution in [3.05, 3.63) is 29.8 Å². The van der Waals surface area contributed by atoms with Gasteiger partial charge < -0.3 is 10.6 Å². The van der Waals surface area contributed by atoms with Gasteiger partial charge in [-0.15, -0.1) is 12.4 Å². The van der Waals surface area contributed by atoms with Gasteiger partial charge in [-0.05, 0) is 57.2 Å². The van der Waals surface area contributed by atoms with E-state index in [0.717, 1.165) is 32.2 Å². The molecule has 0 saturated carbocycles. The molecule has 2 aliphatic rings. The Balaban J connectivity index is 0.00000280. The first-order valence-corrected chi connectivity index (χ1v) is 10.9. The average molecular weight is 430 g/mol. The lowest BCUT2D eigenvalue weighted by molar-refractivity contribution is -0.123. The molecule has 3 rings (SSSR count). The second kappa shape index (κ2) is 9.82. The summed E-state index contributed by atoms with van der Waals surface area (Å²) in [5.74, 6) is 0.0205. The Hall–Kier alpha value is -1.48. The number of hydrogen-bond donors (Lipinski definition) is 2. The quantitative estimate of drug-likeness (QED) is 0.669. The largest absolute Gasteiger partial charge is 0.354 e. The molecule has 2 saturated heterocycles. The van der Waals surface area contributed by atoms with Crippen LogP contribution < -0.4 is 10.6 Å². The van der Waals surface area contributed by atoms with Crippen LogP contribution in [0, 0.1) is 5.92 Å². The number of nitrogens with one attached hydrogen (secondary N) is 2. The minimum Gasteiger partial charge on any atom is -0.354 e. The molecule has 28 heavy (non-hydrogen) atoms. The Morgan fingerprint density at radius 3 is 2.50 bits per heavy atom. The van der Waals surface area contributed by atoms with Crippen LogP contribution in [-0.2, 0) is 14.8 Å². The summed E-state index contributed by atoms with van der Waals surface area (Å²) in [5, 5.41) is 6.13. The number of piperidine rings is 1. The molecular formula is C19H28ClN3O4S. The van der Waals surface area contributed by atoms with Crippen LogP contribution in [0.5, 0.6) is 0 Å². The Kier molecular flexibility index (Phi) is 8.00. The van der Waals surface area contributed by atoms with Crippen molar-refractivity contribution in [2.45, 2.75) is 43.5 Å². The van der Waals surface area contributed by atoms with Crippen LogP contribution in [0.3, 0.4) is 0 Å². The van der Waals surface area contributed by atoms with Gasteiger partial charge >= 0.3 is 0 Å². The molecule has 0 bridgehead atoms. The fourth-order valence-electron chi connectivity index (χ4n) is 3.70. The molecule has 1 amide bonds. The van der Waals surface area contributed by atoms with E-state index < -0.39 is 10.0 Å². The number of amides is 1. The third kappa shape index (κ3) is 5.31. The third-order valence-electron chi connectivity index (χ3n) is 5.32. The number of nitrogens with zero attached hydrogens (tertiary/aromatic N) is 1. The van der Waals surface area contributed by atoms with Crippen LogP contribution in [0.15, 0.2) is 29.2 Å². The van der Waals surface area contributed by atoms with Gasteiger partial charge in [0.15, 0.2) is 5.78 Å². The first kappa shape index (κ1) is 22.8. The van der Waals surface area contributed by atoms with E-state index in [1.807, 2.05) is 0 Å². The van der Waals surface area contributed by atoms with Crippen LogP contribution in [-0.4, -0.2) is 56.6 Å². The van der Waals surface area contributed by atoms with Gasteiger partial charge in [-0.3, -0.25) is 9.59 Å². The molecule has 0 radical (unpaired) electrons. The number of hydrogen-bond acceptors (Lipinski definition) is 5. The van der Waals surface area contributed by atoms with E-state index in [1.165, 1.54) is 23.4 Å². The highest BCUT2D eigenvalue weighted by molar-refractivity contribution is 7.89. The zero-order chi connectivity index (χ0) is 19.4. The topological polar surface area (TPSA) is 95.6 Å². The number of sulfonamides is 1. The Morgan fingerprint density at radius 1 is 1.18 bits per heavy atom. The van der Waals surface area contributed by atoms with Crippen molar-refractivity contribution in [1.29, 1.82) is 0 Å². The molecule has 2 fully saturated rings. The van der Waals surface area contributed by atoms with Gasteiger partial charge in [0.05, 0.1) is 10.9 Å². The number of benzene rings is 1. The molecule has 2 atom stereocenters. The minimum absolute atomic E-state index is 0. The van der Waals surface area contributed by atoms with Gasteiger partial charge in [0, 0.05) is 25.2 Å². The number of carbonyl (C=O) groups is 2. The number of halogens is 1. The molecule has 0 aliphatic carbocycles. The first-order valence-electron chi connectivity index (χ1n) is 9.50. The van der Waals surface area contributed by atoms with Crippen LogP contribution in [0.2, 0.25) is 0 Å². The van der Waals surface area contributed by atoms with Crippen LogP contribution in [0.1, 0.15) is 43.0 Å². The number of rotatable bonds is 6. The molecular weight excluding hydrogens is 402 g/mol. The minimum atomic E-state index is -3.59. The SMILES string of the molecule is CC(=O)c1ccc(S(=O)(=O)N2CCCC(CNC(=O)C3CCCN3)C2)cc1.Cl. The Labute approximate surface area is 172 Å². The van der Waals surface area contributed by atoms with Crippen LogP contribution in [0.4, 0.5) is 0 Å². The standard InChI is InChI=1S/C19H27N3O4S.ClH/c1-14(23)16-6-8-17(9-7-16)27(25,26)22-11-3-4-15(13-22)12-21-19(24)18-5-2-10-20-18;/h6-9,15,18,20H,2-5,10-13H2,1H3,(H,21,24);1H. The lowest BCUT2D eigenvalue weighted by Gasteiger charge is -2.32. The van der Waals surface area contributed by atoms with Crippen LogP contribution >= 0.6 is 12.4 Å². The molecule has 2 heterocycles. The molecule has 0 spiro atoms. The normalized spacial score (nSPS) is 23.0. The lowest BCUT2D eigenvalue weighted by atomic mass is 9.99. The highest BCUT2D eigenvalue weighted by Gasteiger charge is 2.31. The van der Waals surface area contributed by atoms with Crippen molar-refractivity contribution in [1.82, 2.24) is 14.9 Å². The first-order chi connectivity index (χ1) is 12.9. The van der Waals surface area contributed by atoms with E-state index in [9.17, 15) is 18.0 Å². The predicted octanol–water partition coefficient (Wildman–Crippen LogP) is 1.58. The monoisotopic (exact) mass is 429 g/mol. The highest BCUT2D eigenvalue weighted by Crippen LogP contribution is 2.24. The van der Waals surface area contributed by atoms with Crippen molar-refractivity contribution >= 4 is 34.1 Å². The molecule has 1 aromatic rings. The van der Waals surface area contributed by atoms with Gasteiger partial charge in [-0.2, -0.15) is 4.31 Å². The summed E-state index contributed by atoms with van der Waals surface area (Å²) in [4.78, 5) is 23.7. The van der Waals surface area contributed by atoms with Gasteiger partial charge in [0.25, 0.3) is 0 Å². The average Bonchev–Trinajstić information content (AvgIpc) is 3.21. The van der Waals surface area contributed by atoms with Gasteiger partial charge in [0.2, 0.25) is 15.9 Å². The Morgan fingerprint density at radius 2 is 1.89 bits per heavy atom. The van der Waals surface area contributed by atoms with Crippen molar-refractivity contribution in [3.63, 3.8) is 0 Å². The second-order valence-electron chi connectivity index (χ2n) is 7.35. The van der Waals surface area contributed by atoms with Crippen molar-refractivity contribution < 1.29 is 18.0 Å². The zero-order valence-electron chi connectivity index (χ0n) is 16.0. The van der Waals surface area contributed by atoms with Gasteiger partial charge in [-0.25, -0.2) is 8.42 Å². The van der Waals surface area contributed by atoms with Crippen molar-refractivity contribution in [2.75, 3.05) is 26.2 Å².